The average Bonchev–Trinajstić information content (AvgIpc) is 3.26. The molecule has 0 saturated heterocycles. The van der Waals surface area contributed by atoms with Gasteiger partial charge in [0, 0.05) is 11.3 Å². The number of para-hydroxylation sites is 2. The van der Waals surface area contributed by atoms with Gasteiger partial charge in [0.25, 0.3) is 11.5 Å². The van der Waals surface area contributed by atoms with Crippen LogP contribution in [0.4, 0.5) is 5.69 Å². The van der Waals surface area contributed by atoms with Crippen molar-refractivity contribution in [3.05, 3.63) is 80.9 Å². The minimum absolute atomic E-state index is 0.140. The number of ether oxygens (including phenoxy) is 1. The Hall–Kier alpha value is -3.52. The zero-order chi connectivity index (χ0) is 19.5. The van der Waals surface area contributed by atoms with Crippen LogP contribution in [-0.4, -0.2) is 27.1 Å². The van der Waals surface area contributed by atoms with Gasteiger partial charge in [-0.3, -0.25) is 9.59 Å². The van der Waals surface area contributed by atoms with Gasteiger partial charge in [0.2, 0.25) is 4.96 Å². The van der Waals surface area contributed by atoms with Crippen LogP contribution in [-0.2, 0) is 4.79 Å². The van der Waals surface area contributed by atoms with E-state index in [-0.39, 0.29) is 18.1 Å². The van der Waals surface area contributed by atoms with E-state index in [4.69, 9.17) is 4.74 Å². The SMILES string of the molecule is Cc1ccccc1NC(=O)COc1ccccc1/C=c1\sc2ncnn2c1=O. The molecular weight excluding hydrogens is 376 g/mol. The quantitative estimate of drug-likeness (QED) is 0.562. The van der Waals surface area contributed by atoms with E-state index < -0.39 is 0 Å². The van der Waals surface area contributed by atoms with E-state index in [0.29, 0.717) is 20.8 Å². The van der Waals surface area contributed by atoms with E-state index in [1.807, 2.05) is 49.4 Å². The van der Waals surface area contributed by atoms with E-state index in [9.17, 15) is 9.59 Å². The predicted molar refractivity (Wildman–Crippen MR) is 108 cm³/mol. The Kier molecular flexibility index (Phi) is 4.86. The van der Waals surface area contributed by atoms with E-state index in [1.165, 1.54) is 22.2 Å². The molecule has 4 rings (SSSR count). The minimum Gasteiger partial charge on any atom is -0.483 e. The first kappa shape index (κ1) is 17.9. The van der Waals surface area contributed by atoms with E-state index in [2.05, 4.69) is 15.4 Å². The molecule has 0 spiro atoms. The molecular formula is C20H16N4O3S. The fourth-order valence-corrected chi connectivity index (χ4v) is 3.57. The largest absolute Gasteiger partial charge is 0.483 e. The van der Waals surface area contributed by atoms with Crippen LogP contribution in [0.1, 0.15) is 11.1 Å². The third-order valence-corrected chi connectivity index (χ3v) is 5.08. The molecule has 0 bridgehead atoms. The number of thiazole rings is 1. The summed E-state index contributed by atoms with van der Waals surface area (Å²) < 4.78 is 7.46. The standard InChI is InChI=1S/C20H16N4O3S/c1-13-6-2-4-8-15(13)23-18(25)11-27-16-9-5-3-7-14(16)10-17-19(26)24-20(28-17)21-12-22-24/h2-10,12H,11H2,1H3,(H,23,25)/b17-10-. The predicted octanol–water partition coefficient (Wildman–Crippen LogP) is 2.02. The average molecular weight is 392 g/mol. The maximum absolute atomic E-state index is 12.3. The molecule has 0 saturated carbocycles. The van der Waals surface area contributed by atoms with Gasteiger partial charge in [-0.15, -0.1) is 0 Å². The van der Waals surface area contributed by atoms with Crippen molar-refractivity contribution in [3.63, 3.8) is 0 Å². The molecule has 0 radical (unpaired) electrons. The summed E-state index contributed by atoms with van der Waals surface area (Å²) in [6, 6.07) is 14.8. The van der Waals surface area contributed by atoms with Crippen molar-refractivity contribution in [1.29, 1.82) is 0 Å². The van der Waals surface area contributed by atoms with Crippen molar-refractivity contribution in [2.45, 2.75) is 6.92 Å². The molecule has 0 atom stereocenters. The van der Waals surface area contributed by atoms with Gasteiger partial charge in [-0.25, -0.2) is 4.98 Å². The molecule has 0 aliphatic heterocycles. The van der Waals surface area contributed by atoms with Crippen molar-refractivity contribution < 1.29 is 9.53 Å². The number of nitrogens with zero attached hydrogens (tertiary/aromatic N) is 3. The number of rotatable bonds is 5. The highest BCUT2D eigenvalue weighted by atomic mass is 32.1. The van der Waals surface area contributed by atoms with Crippen LogP contribution >= 0.6 is 11.3 Å². The Labute approximate surface area is 163 Å². The lowest BCUT2D eigenvalue weighted by atomic mass is 10.2. The Bertz CT molecular complexity index is 1260. The van der Waals surface area contributed by atoms with Crippen LogP contribution < -0.4 is 20.1 Å². The third-order valence-electron chi connectivity index (χ3n) is 4.10. The lowest BCUT2D eigenvalue weighted by Gasteiger charge is -2.11. The van der Waals surface area contributed by atoms with Crippen molar-refractivity contribution >= 4 is 34.0 Å². The molecule has 0 aliphatic rings. The third kappa shape index (κ3) is 3.63. The van der Waals surface area contributed by atoms with Gasteiger partial charge in [0.05, 0.1) is 4.53 Å². The number of nitrogens with one attached hydrogen (secondary N) is 1. The maximum Gasteiger partial charge on any atom is 0.291 e. The van der Waals surface area contributed by atoms with Crippen LogP contribution in [0.5, 0.6) is 5.75 Å². The second-order valence-electron chi connectivity index (χ2n) is 6.06. The van der Waals surface area contributed by atoms with Crippen LogP contribution in [0.2, 0.25) is 0 Å². The summed E-state index contributed by atoms with van der Waals surface area (Å²) in [5.74, 6) is 0.258. The summed E-state index contributed by atoms with van der Waals surface area (Å²) in [6.45, 7) is 1.78. The van der Waals surface area contributed by atoms with Gasteiger partial charge in [-0.05, 0) is 30.7 Å². The zero-order valence-corrected chi connectivity index (χ0v) is 15.8. The van der Waals surface area contributed by atoms with Crippen LogP contribution in [0.3, 0.4) is 0 Å². The highest BCUT2D eigenvalue weighted by Gasteiger charge is 2.09. The molecule has 28 heavy (non-hydrogen) atoms. The molecule has 7 nitrogen and oxygen atoms in total. The van der Waals surface area contributed by atoms with Gasteiger partial charge in [0.15, 0.2) is 6.61 Å². The summed E-state index contributed by atoms with van der Waals surface area (Å²) in [5, 5.41) is 6.74. The summed E-state index contributed by atoms with van der Waals surface area (Å²) >= 11 is 1.25. The van der Waals surface area contributed by atoms with Crippen molar-refractivity contribution in [2.24, 2.45) is 0 Å². The second-order valence-corrected chi connectivity index (χ2v) is 7.07. The molecule has 1 N–H and O–H groups in total. The number of aromatic nitrogens is 3. The molecule has 0 unspecified atom stereocenters. The van der Waals surface area contributed by atoms with Crippen LogP contribution in [0.15, 0.2) is 59.7 Å². The Balaban J connectivity index is 1.53. The summed E-state index contributed by atoms with van der Waals surface area (Å²) in [7, 11) is 0. The van der Waals surface area contributed by atoms with Gasteiger partial charge in [-0.2, -0.15) is 9.61 Å². The van der Waals surface area contributed by atoms with Gasteiger partial charge < -0.3 is 10.1 Å². The van der Waals surface area contributed by atoms with Gasteiger partial charge in [0.1, 0.15) is 12.1 Å². The second kappa shape index (κ2) is 7.61. The summed E-state index contributed by atoms with van der Waals surface area (Å²) in [4.78, 5) is 29.1. The normalized spacial score (nSPS) is 11.7. The van der Waals surface area contributed by atoms with Crippen LogP contribution in [0.25, 0.3) is 11.0 Å². The minimum atomic E-state index is -0.257. The smallest absolute Gasteiger partial charge is 0.291 e. The van der Waals surface area contributed by atoms with E-state index in [1.54, 1.807) is 12.1 Å². The molecule has 140 valence electrons. The van der Waals surface area contributed by atoms with Gasteiger partial charge >= 0.3 is 0 Å². The number of hydrogen-bond donors (Lipinski definition) is 1. The number of hydrogen-bond acceptors (Lipinski definition) is 6. The molecule has 8 heteroatoms. The van der Waals surface area contributed by atoms with Crippen molar-refractivity contribution in [3.8, 4) is 5.75 Å². The molecule has 2 aromatic carbocycles. The number of carbonyl (C=O) groups is 1. The number of aryl methyl sites for hydroxylation is 1. The molecule has 2 heterocycles. The molecule has 2 aromatic heterocycles. The highest BCUT2D eigenvalue weighted by molar-refractivity contribution is 7.15. The molecule has 4 aromatic rings. The fourth-order valence-electron chi connectivity index (χ4n) is 2.69. The summed E-state index contributed by atoms with van der Waals surface area (Å²) in [5.41, 5.74) is 2.20. The maximum atomic E-state index is 12.3. The lowest BCUT2D eigenvalue weighted by Crippen LogP contribution is -2.24. The molecule has 0 fully saturated rings. The number of anilines is 1. The number of carbonyl (C=O) groups excluding carboxylic acids is 1. The van der Waals surface area contributed by atoms with E-state index in [0.717, 1.165) is 11.3 Å². The number of fused-ring (bicyclic) bond motifs is 1. The Morgan fingerprint density at radius 3 is 2.82 bits per heavy atom. The van der Waals surface area contributed by atoms with Gasteiger partial charge in [-0.1, -0.05) is 47.7 Å². The Morgan fingerprint density at radius 2 is 2.00 bits per heavy atom. The highest BCUT2D eigenvalue weighted by Crippen LogP contribution is 2.19. The fraction of sp³-hybridized carbons (Fsp3) is 0.100. The first-order valence-electron chi connectivity index (χ1n) is 8.53. The topological polar surface area (TPSA) is 85.6 Å². The monoisotopic (exact) mass is 392 g/mol. The lowest BCUT2D eigenvalue weighted by molar-refractivity contribution is -0.118. The Morgan fingerprint density at radius 1 is 1.21 bits per heavy atom. The van der Waals surface area contributed by atoms with Crippen LogP contribution in [0, 0.1) is 6.92 Å². The zero-order valence-electron chi connectivity index (χ0n) is 15.0. The van der Waals surface area contributed by atoms with E-state index >= 15 is 0 Å². The van der Waals surface area contributed by atoms with Crippen molar-refractivity contribution in [2.75, 3.05) is 11.9 Å². The molecule has 1 amide bonds. The van der Waals surface area contributed by atoms with Crippen molar-refractivity contribution in [1.82, 2.24) is 14.6 Å². The first-order valence-corrected chi connectivity index (χ1v) is 9.35. The first-order chi connectivity index (χ1) is 13.6. The number of benzene rings is 2. The summed E-state index contributed by atoms with van der Waals surface area (Å²) in [6.07, 6.45) is 3.07. The molecule has 0 aliphatic carbocycles. The number of amides is 1.